The number of aromatic nitrogens is 1. The van der Waals surface area contributed by atoms with E-state index >= 15 is 0 Å². The van der Waals surface area contributed by atoms with Gasteiger partial charge in [0.25, 0.3) is 0 Å². The fourth-order valence-corrected chi connectivity index (χ4v) is 2.28. The van der Waals surface area contributed by atoms with Crippen molar-refractivity contribution in [1.82, 2.24) is 5.16 Å². The monoisotopic (exact) mass is 248 g/mol. The van der Waals surface area contributed by atoms with Crippen LogP contribution in [0.15, 0.2) is 28.8 Å². The smallest absolute Gasteiger partial charge is 0.230 e. The highest BCUT2D eigenvalue weighted by atomic mass is 19.1. The van der Waals surface area contributed by atoms with Crippen molar-refractivity contribution in [1.29, 1.82) is 0 Å². The summed E-state index contributed by atoms with van der Waals surface area (Å²) in [5.74, 6) is -0.0461. The molecular formula is C13H13FN2O2. The first-order valence-corrected chi connectivity index (χ1v) is 5.85. The molecule has 1 unspecified atom stereocenters. The number of hydrogen-bond donors (Lipinski definition) is 1. The van der Waals surface area contributed by atoms with Crippen LogP contribution in [-0.4, -0.2) is 18.4 Å². The zero-order valence-electron chi connectivity index (χ0n) is 9.73. The van der Waals surface area contributed by atoms with Gasteiger partial charge in [-0.15, -0.1) is 0 Å². The molecule has 2 heterocycles. The molecule has 4 nitrogen and oxygen atoms in total. The van der Waals surface area contributed by atoms with E-state index in [1.54, 1.807) is 18.2 Å². The Morgan fingerprint density at radius 3 is 2.89 bits per heavy atom. The molecule has 0 amide bonds. The maximum absolute atomic E-state index is 13.8. The lowest BCUT2D eigenvalue weighted by Gasteiger charge is -2.07. The molecular weight excluding hydrogens is 235 g/mol. The summed E-state index contributed by atoms with van der Waals surface area (Å²) in [5, 5.41) is 3.97. The largest absolute Gasteiger partial charge is 0.381 e. The van der Waals surface area contributed by atoms with E-state index in [1.165, 1.54) is 6.07 Å². The molecule has 1 atom stereocenters. The SMILES string of the molecule is Nc1onc(C2CCOC2)c1-c1ccccc1F. The van der Waals surface area contributed by atoms with Crippen molar-refractivity contribution >= 4 is 5.88 Å². The molecule has 18 heavy (non-hydrogen) atoms. The number of hydrogen-bond acceptors (Lipinski definition) is 4. The third-order valence-electron chi connectivity index (χ3n) is 3.20. The predicted molar refractivity (Wildman–Crippen MR) is 64.5 cm³/mol. The molecule has 0 radical (unpaired) electrons. The minimum absolute atomic E-state index is 0.126. The van der Waals surface area contributed by atoms with Crippen LogP contribution in [0.3, 0.4) is 0 Å². The lowest BCUT2D eigenvalue weighted by Crippen LogP contribution is -2.01. The molecule has 1 saturated heterocycles. The molecule has 1 aliphatic heterocycles. The number of rotatable bonds is 2. The Labute approximate surface area is 104 Å². The van der Waals surface area contributed by atoms with Gasteiger partial charge in [0.15, 0.2) is 0 Å². The summed E-state index contributed by atoms with van der Waals surface area (Å²) in [7, 11) is 0. The van der Waals surface area contributed by atoms with E-state index in [2.05, 4.69) is 5.16 Å². The summed E-state index contributed by atoms with van der Waals surface area (Å²) >= 11 is 0. The van der Waals surface area contributed by atoms with E-state index in [1.807, 2.05) is 0 Å². The molecule has 2 N–H and O–H groups in total. The quantitative estimate of drug-likeness (QED) is 0.887. The molecule has 0 spiro atoms. The van der Waals surface area contributed by atoms with Gasteiger partial charge in [0, 0.05) is 18.1 Å². The first-order valence-electron chi connectivity index (χ1n) is 5.85. The van der Waals surface area contributed by atoms with Crippen LogP contribution >= 0.6 is 0 Å². The maximum atomic E-state index is 13.8. The zero-order valence-corrected chi connectivity index (χ0v) is 9.73. The molecule has 1 aromatic heterocycles. The molecule has 1 aliphatic rings. The predicted octanol–water partition coefficient (Wildman–Crippen LogP) is 2.57. The van der Waals surface area contributed by atoms with Gasteiger partial charge < -0.3 is 15.0 Å². The summed E-state index contributed by atoms with van der Waals surface area (Å²) in [6.07, 6.45) is 0.855. The van der Waals surface area contributed by atoms with E-state index in [-0.39, 0.29) is 17.6 Å². The van der Waals surface area contributed by atoms with E-state index in [4.69, 9.17) is 15.0 Å². The topological polar surface area (TPSA) is 61.3 Å². The van der Waals surface area contributed by atoms with Crippen LogP contribution in [0.4, 0.5) is 10.3 Å². The normalized spacial score (nSPS) is 19.3. The molecule has 5 heteroatoms. The number of nitrogen functional groups attached to an aromatic ring is 1. The van der Waals surface area contributed by atoms with Crippen molar-refractivity contribution < 1.29 is 13.7 Å². The van der Waals surface area contributed by atoms with Gasteiger partial charge in [-0.05, 0) is 12.5 Å². The average molecular weight is 248 g/mol. The Kier molecular flexibility index (Phi) is 2.76. The first kappa shape index (κ1) is 11.2. The Bertz CT molecular complexity index is 562. The standard InChI is InChI=1S/C13H13FN2O2/c14-10-4-2-1-3-9(10)11-12(16-18-13(11)15)8-5-6-17-7-8/h1-4,8H,5-7,15H2. The van der Waals surface area contributed by atoms with Gasteiger partial charge in [0.05, 0.1) is 17.9 Å². The summed E-state index contributed by atoms with van der Waals surface area (Å²) in [4.78, 5) is 0. The van der Waals surface area contributed by atoms with Crippen molar-refractivity contribution in [3.05, 3.63) is 35.8 Å². The second kappa shape index (κ2) is 4.42. The highest BCUT2D eigenvalue weighted by molar-refractivity contribution is 5.76. The summed E-state index contributed by atoms with van der Waals surface area (Å²) < 4.78 is 24.2. The number of benzene rings is 1. The Morgan fingerprint density at radius 2 is 2.17 bits per heavy atom. The van der Waals surface area contributed by atoms with E-state index in [9.17, 15) is 4.39 Å². The third kappa shape index (κ3) is 1.76. The molecule has 2 aromatic rings. The van der Waals surface area contributed by atoms with Gasteiger partial charge >= 0.3 is 0 Å². The van der Waals surface area contributed by atoms with Crippen molar-refractivity contribution in [2.45, 2.75) is 12.3 Å². The van der Waals surface area contributed by atoms with E-state index in [0.29, 0.717) is 30.0 Å². The van der Waals surface area contributed by atoms with Crippen LogP contribution in [0.1, 0.15) is 18.0 Å². The van der Waals surface area contributed by atoms with Crippen molar-refractivity contribution in [2.75, 3.05) is 18.9 Å². The van der Waals surface area contributed by atoms with Crippen LogP contribution in [0.5, 0.6) is 0 Å². The van der Waals surface area contributed by atoms with Gasteiger partial charge in [-0.1, -0.05) is 23.4 Å². The van der Waals surface area contributed by atoms with Crippen LogP contribution in [0.2, 0.25) is 0 Å². The molecule has 0 saturated carbocycles. The lowest BCUT2D eigenvalue weighted by atomic mass is 9.96. The Balaban J connectivity index is 2.11. The van der Waals surface area contributed by atoms with Crippen molar-refractivity contribution in [3.63, 3.8) is 0 Å². The fourth-order valence-electron chi connectivity index (χ4n) is 2.28. The first-order chi connectivity index (χ1) is 8.77. The molecule has 0 aliphatic carbocycles. The zero-order chi connectivity index (χ0) is 12.5. The number of ether oxygens (including phenoxy) is 1. The third-order valence-corrected chi connectivity index (χ3v) is 3.20. The maximum Gasteiger partial charge on any atom is 0.230 e. The van der Waals surface area contributed by atoms with Crippen LogP contribution in [-0.2, 0) is 4.74 Å². The number of nitrogens with zero attached hydrogens (tertiary/aromatic N) is 1. The van der Waals surface area contributed by atoms with E-state index < -0.39 is 0 Å². The summed E-state index contributed by atoms with van der Waals surface area (Å²) in [5.41, 5.74) is 7.45. The fraction of sp³-hybridized carbons (Fsp3) is 0.308. The van der Waals surface area contributed by atoms with Gasteiger partial charge in [-0.25, -0.2) is 4.39 Å². The van der Waals surface area contributed by atoms with Crippen molar-refractivity contribution in [2.24, 2.45) is 0 Å². The number of halogens is 1. The molecule has 1 aromatic carbocycles. The average Bonchev–Trinajstić information content (AvgIpc) is 2.99. The van der Waals surface area contributed by atoms with Crippen LogP contribution < -0.4 is 5.73 Å². The number of anilines is 1. The molecule has 94 valence electrons. The second-order valence-electron chi connectivity index (χ2n) is 4.35. The van der Waals surface area contributed by atoms with Gasteiger partial charge in [0.1, 0.15) is 5.82 Å². The number of nitrogens with two attached hydrogens (primary N) is 1. The molecule has 1 fully saturated rings. The second-order valence-corrected chi connectivity index (χ2v) is 4.35. The minimum atomic E-state index is -0.326. The summed E-state index contributed by atoms with van der Waals surface area (Å²) in [6, 6.07) is 6.48. The highest BCUT2D eigenvalue weighted by Crippen LogP contribution is 2.37. The Hall–Kier alpha value is -1.88. The van der Waals surface area contributed by atoms with Crippen LogP contribution in [0, 0.1) is 5.82 Å². The van der Waals surface area contributed by atoms with Gasteiger partial charge in [0.2, 0.25) is 5.88 Å². The summed E-state index contributed by atoms with van der Waals surface area (Å²) in [6.45, 7) is 1.27. The lowest BCUT2D eigenvalue weighted by molar-refractivity contribution is 0.193. The molecule has 3 rings (SSSR count). The Morgan fingerprint density at radius 1 is 1.33 bits per heavy atom. The molecule has 0 bridgehead atoms. The van der Waals surface area contributed by atoms with E-state index in [0.717, 1.165) is 6.42 Å². The highest BCUT2D eigenvalue weighted by Gasteiger charge is 2.28. The van der Waals surface area contributed by atoms with Gasteiger partial charge in [-0.2, -0.15) is 0 Å². The van der Waals surface area contributed by atoms with Crippen molar-refractivity contribution in [3.8, 4) is 11.1 Å². The van der Waals surface area contributed by atoms with Gasteiger partial charge in [-0.3, -0.25) is 0 Å². The van der Waals surface area contributed by atoms with Crippen LogP contribution in [0.25, 0.3) is 11.1 Å². The minimum Gasteiger partial charge on any atom is -0.381 e.